The number of nitrogens with one attached hydrogen (secondary N) is 1. The van der Waals surface area contributed by atoms with Gasteiger partial charge in [0.15, 0.2) is 0 Å². The highest BCUT2D eigenvalue weighted by atomic mass is 19.4. The molecule has 1 fully saturated rings. The van der Waals surface area contributed by atoms with Crippen molar-refractivity contribution in [1.82, 2.24) is 5.32 Å². The zero-order chi connectivity index (χ0) is 14.5. The van der Waals surface area contributed by atoms with Gasteiger partial charge in [-0.15, -0.1) is 0 Å². The molecule has 0 heterocycles. The topological polar surface area (TPSA) is 66.4 Å². The molecule has 4 nitrogen and oxygen atoms in total. The minimum absolute atomic E-state index is 0.0936. The van der Waals surface area contributed by atoms with Crippen molar-refractivity contribution in [1.29, 1.82) is 0 Å². The molecule has 1 rings (SSSR count). The smallest absolute Gasteiger partial charge is 0.471 e. The van der Waals surface area contributed by atoms with E-state index < -0.39 is 23.6 Å². The molecule has 0 bridgehead atoms. The molecule has 7 heteroatoms. The van der Waals surface area contributed by atoms with E-state index in [1.807, 2.05) is 0 Å². The van der Waals surface area contributed by atoms with Crippen LogP contribution in [0.15, 0.2) is 0 Å². The van der Waals surface area contributed by atoms with Gasteiger partial charge in [0.1, 0.15) is 0 Å². The molecule has 1 saturated carbocycles. The normalized spacial score (nSPS) is 18.9. The number of carboxylic acid groups (broad SMARTS) is 1. The Bertz CT molecular complexity index is 336. The van der Waals surface area contributed by atoms with Gasteiger partial charge in [0.25, 0.3) is 0 Å². The first kappa shape index (κ1) is 15.8. The molecule has 0 aromatic carbocycles. The van der Waals surface area contributed by atoms with Gasteiger partial charge < -0.3 is 10.4 Å². The SMILES string of the molecule is O=C(O)CCCC1(NC(=O)C(F)(F)F)CCCCC1. The Morgan fingerprint density at radius 2 is 1.74 bits per heavy atom. The van der Waals surface area contributed by atoms with Crippen LogP contribution in [0.5, 0.6) is 0 Å². The lowest BCUT2D eigenvalue weighted by Gasteiger charge is -2.38. The number of carboxylic acids is 1. The molecule has 2 N–H and O–H groups in total. The molecule has 0 aromatic rings. The number of carbonyl (C=O) groups is 2. The Kier molecular flexibility index (Phi) is 5.20. The Morgan fingerprint density at radius 1 is 1.16 bits per heavy atom. The molecule has 0 aliphatic heterocycles. The van der Waals surface area contributed by atoms with Crippen LogP contribution >= 0.6 is 0 Å². The molecule has 0 aromatic heterocycles. The Hall–Kier alpha value is -1.27. The van der Waals surface area contributed by atoms with E-state index in [2.05, 4.69) is 5.32 Å². The fraction of sp³-hybridized carbons (Fsp3) is 0.833. The number of amides is 1. The average Bonchev–Trinajstić information content (AvgIpc) is 2.28. The van der Waals surface area contributed by atoms with E-state index in [4.69, 9.17) is 5.11 Å². The van der Waals surface area contributed by atoms with Crippen LogP contribution < -0.4 is 5.32 Å². The van der Waals surface area contributed by atoms with Crippen molar-refractivity contribution < 1.29 is 27.9 Å². The van der Waals surface area contributed by atoms with Crippen molar-refractivity contribution in [3.63, 3.8) is 0 Å². The lowest BCUT2D eigenvalue weighted by atomic mass is 9.78. The molecule has 1 aliphatic carbocycles. The van der Waals surface area contributed by atoms with Crippen LogP contribution in [-0.4, -0.2) is 28.7 Å². The maximum atomic E-state index is 12.3. The zero-order valence-electron chi connectivity index (χ0n) is 10.6. The molecule has 0 atom stereocenters. The lowest BCUT2D eigenvalue weighted by Crippen LogP contribution is -2.53. The number of aliphatic carboxylic acids is 1. The summed E-state index contributed by atoms with van der Waals surface area (Å²) < 4.78 is 37.0. The van der Waals surface area contributed by atoms with E-state index in [9.17, 15) is 22.8 Å². The third-order valence-corrected chi connectivity index (χ3v) is 3.49. The Labute approximate surface area is 109 Å². The summed E-state index contributed by atoms with van der Waals surface area (Å²) in [6, 6.07) is 0. The van der Waals surface area contributed by atoms with Crippen molar-refractivity contribution >= 4 is 11.9 Å². The minimum atomic E-state index is -4.89. The zero-order valence-corrected chi connectivity index (χ0v) is 10.6. The van der Waals surface area contributed by atoms with Gasteiger partial charge in [0.05, 0.1) is 0 Å². The van der Waals surface area contributed by atoms with E-state index in [1.54, 1.807) is 0 Å². The largest absolute Gasteiger partial charge is 0.481 e. The van der Waals surface area contributed by atoms with Crippen molar-refractivity contribution in [2.75, 3.05) is 0 Å². The minimum Gasteiger partial charge on any atom is -0.481 e. The summed E-state index contributed by atoms with van der Waals surface area (Å²) in [4.78, 5) is 21.5. The van der Waals surface area contributed by atoms with Crippen LogP contribution in [0.25, 0.3) is 0 Å². The molecule has 0 saturated heterocycles. The summed E-state index contributed by atoms with van der Waals surface area (Å²) in [7, 11) is 0. The summed E-state index contributed by atoms with van der Waals surface area (Å²) in [5.74, 6) is -2.90. The number of rotatable bonds is 5. The fourth-order valence-corrected chi connectivity index (χ4v) is 2.56. The quantitative estimate of drug-likeness (QED) is 0.814. The number of hydrogen-bond donors (Lipinski definition) is 2. The second-order valence-electron chi connectivity index (χ2n) is 5.04. The molecule has 0 spiro atoms. The molecule has 1 aliphatic rings. The van der Waals surface area contributed by atoms with E-state index in [-0.39, 0.29) is 19.3 Å². The molecule has 110 valence electrons. The third kappa shape index (κ3) is 5.08. The van der Waals surface area contributed by atoms with Crippen LogP contribution in [0.1, 0.15) is 51.4 Å². The van der Waals surface area contributed by atoms with Gasteiger partial charge in [-0.3, -0.25) is 9.59 Å². The molecular formula is C12H18F3NO3. The van der Waals surface area contributed by atoms with Crippen LogP contribution in [0.3, 0.4) is 0 Å². The highest BCUT2D eigenvalue weighted by Gasteiger charge is 2.44. The third-order valence-electron chi connectivity index (χ3n) is 3.49. The molecule has 0 radical (unpaired) electrons. The standard InChI is InChI=1S/C12H18F3NO3/c13-12(14,15)10(19)16-11(6-2-1-3-7-11)8-4-5-9(17)18/h1-8H2,(H,16,19)(H,17,18). The Balaban J connectivity index is 2.64. The summed E-state index contributed by atoms with van der Waals surface area (Å²) in [5, 5.41) is 10.7. The van der Waals surface area contributed by atoms with Gasteiger partial charge in [0.2, 0.25) is 0 Å². The number of halogens is 3. The van der Waals surface area contributed by atoms with E-state index in [0.29, 0.717) is 12.8 Å². The monoisotopic (exact) mass is 281 g/mol. The number of alkyl halides is 3. The highest BCUT2D eigenvalue weighted by molar-refractivity contribution is 5.82. The first-order chi connectivity index (χ1) is 8.75. The summed E-state index contributed by atoms with van der Waals surface area (Å²) in [5.41, 5.74) is -0.889. The average molecular weight is 281 g/mol. The lowest BCUT2D eigenvalue weighted by molar-refractivity contribution is -0.176. The van der Waals surface area contributed by atoms with Crippen molar-refractivity contribution in [3.05, 3.63) is 0 Å². The molecule has 19 heavy (non-hydrogen) atoms. The highest BCUT2D eigenvalue weighted by Crippen LogP contribution is 2.33. The van der Waals surface area contributed by atoms with Gasteiger partial charge in [-0.25, -0.2) is 0 Å². The predicted octanol–water partition coefficient (Wildman–Crippen LogP) is 2.62. The van der Waals surface area contributed by atoms with E-state index in [1.165, 1.54) is 0 Å². The number of hydrogen-bond acceptors (Lipinski definition) is 2. The van der Waals surface area contributed by atoms with Gasteiger partial charge in [-0.2, -0.15) is 13.2 Å². The van der Waals surface area contributed by atoms with Crippen molar-refractivity contribution in [2.45, 2.75) is 63.1 Å². The van der Waals surface area contributed by atoms with Crippen LogP contribution in [0.4, 0.5) is 13.2 Å². The summed E-state index contributed by atoms with van der Waals surface area (Å²) in [6.07, 6.45) is -1.03. The maximum Gasteiger partial charge on any atom is 0.471 e. The van der Waals surface area contributed by atoms with E-state index >= 15 is 0 Å². The predicted molar refractivity (Wildman–Crippen MR) is 61.5 cm³/mol. The van der Waals surface area contributed by atoms with E-state index in [0.717, 1.165) is 19.3 Å². The molecule has 0 unspecified atom stereocenters. The number of carbonyl (C=O) groups excluding carboxylic acids is 1. The second kappa shape index (κ2) is 6.25. The first-order valence-corrected chi connectivity index (χ1v) is 6.36. The maximum absolute atomic E-state index is 12.3. The molecule has 1 amide bonds. The molecular weight excluding hydrogens is 263 g/mol. The van der Waals surface area contributed by atoms with Gasteiger partial charge in [0, 0.05) is 12.0 Å². The van der Waals surface area contributed by atoms with Crippen molar-refractivity contribution in [3.8, 4) is 0 Å². The van der Waals surface area contributed by atoms with Gasteiger partial charge >= 0.3 is 18.1 Å². The Morgan fingerprint density at radius 3 is 2.21 bits per heavy atom. The summed E-state index contributed by atoms with van der Waals surface area (Å²) in [6.45, 7) is 0. The van der Waals surface area contributed by atoms with Crippen LogP contribution in [0, 0.1) is 0 Å². The van der Waals surface area contributed by atoms with Gasteiger partial charge in [-0.05, 0) is 25.7 Å². The second-order valence-corrected chi connectivity index (χ2v) is 5.04. The van der Waals surface area contributed by atoms with Crippen LogP contribution in [-0.2, 0) is 9.59 Å². The van der Waals surface area contributed by atoms with Crippen molar-refractivity contribution in [2.24, 2.45) is 0 Å². The summed E-state index contributed by atoms with van der Waals surface area (Å²) >= 11 is 0. The fourth-order valence-electron chi connectivity index (χ4n) is 2.56. The first-order valence-electron chi connectivity index (χ1n) is 6.36. The van der Waals surface area contributed by atoms with Gasteiger partial charge in [-0.1, -0.05) is 19.3 Å². The van der Waals surface area contributed by atoms with Crippen LogP contribution in [0.2, 0.25) is 0 Å².